The maximum atomic E-state index is 6.69. The Kier molecular flexibility index (Phi) is 7.93. The van der Waals surface area contributed by atoms with Crippen molar-refractivity contribution in [1.82, 2.24) is 0 Å². The van der Waals surface area contributed by atoms with Crippen LogP contribution in [0, 0.1) is 62.6 Å². The molecule has 0 unspecified atom stereocenters. The average Bonchev–Trinajstić information content (AvgIpc) is 3.03. The summed E-state index contributed by atoms with van der Waals surface area (Å²) in [6.07, 6.45) is 16.2. The van der Waals surface area contributed by atoms with Crippen LogP contribution in [0.3, 0.4) is 0 Å². The Morgan fingerprint density at radius 1 is 0.750 bits per heavy atom. The minimum absolute atomic E-state index is 0.252. The second-order valence-electron chi connectivity index (χ2n) is 17.4. The van der Waals surface area contributed by atoms with Gasteiger partial charge in [0, 0.05) is 0 Å². The molecule has 9 atom stereocenters. The highest BCUT2D eigenvalue weighted by molar-refractivity contribution is 5.16. The highest BCUT2D eigenvalue weighted by Crippen LogP contribution is 2.74. The molecular formula is C35H64O. The fourth-order valence-electron chi connectivity index (χ4n) is 11.1. The van der Waals surface area contributed by atoms with Crippen molar-refractivity contribution in [3.8, 4) is 0 Å². The van der Waals surface area contributed by atoms with Gasteiger partial charge in [-0.3, -0.25) is 0 Å². The first-order valence-electron chi connectivity index (χ1n) is 16.2. The van der Waals surface area contributed by atoms with E-state index in [4.69, 9.17) is 4.74 Å². The van der Waals surface area contributed by atoms with Crippen LogP contribution in [-0.4, -0.2) is 12.7 Å². The van der Waals surface area contributed by atoms with Crippen LogP contribution in [0.1, 0.15) is 147 Å². The van der Waals surface area contributed by atoms with Crippen molar-refractivity contribution in [3.63, 3.8) is 0 Å². The molecule has 0 heterocycles. The predicted molar refractivity (Wildman–Crippen MR) is 156 cm³/mol. The molecule has 1 heteroatoms. The lowest BCUT2D eigenvalue weighted by atomic mass is 9.38. The van der Waals surface area contributed by atoms with Crippen molar-refractivity contribution >= 4 is 0 Å². The van der Waals surface area contributed by atoms with E-state index in [1.54, 1.807) is 0 Å². The Labute approximate surface area is 226 Å². The third-order valence-corrected chi connectivity index (χ3v) is 13.3. The number of hydrogen-bond acceptors (Lipinski definition) is 1. The van der Waals surface area contributed by atoms with E-state index in [0.29, 0.717) is 22.3 Å². The van der Waals surface area contributed by atoms with Crippen LogP contribution in [-0.2, 0) is 4.74 Å². The van der Waals surface area contributed by atoms with E-state index in [2.05, 4.69) is 76.2 Å². The fourth-order valence-corrected chi connectivity index (χ4v) is 11.1. The molecular weight excluding hydrogens is 436 g/mol. The SMILES string of the molecule is CC(C)CCC[C@H](C)[C@H]1CC[C@@]2(C)[C@@H]3CC[C@H]4C(C)(C)[C@@H](OCC(C)(C)C)CC[C@]4(C)[C@H]3CC[C@]12C. The van der Waals surface area contributed by atoms with Crippen LogP contribution >= 0.6 is 0 Å². The summed E-state index contributed by atoms with van der Waals surface area (Å²) in [6, 6.07) is 0. The largest absolute Gasteiger partial charge is 0.377 e. The van der Waals surface area contributed by atoms with Gasteiger partial charge in [-0.1, -0.05) is 95.4 Å². The first-order chi connectivity index (χ1) is 16.6. The molecule has 0 N–H and O–H groups in total. The molecule has 36 heavy (non-hydrogen) atoms. The van der Waals surface area contributed by atoms with Gasteiger partial charge in [-0.05, 0) is 114 Å². The number of fused-ring (bicyclic) bond motifs is 5. The van der Waals surface area contributed by atoms with Gasteiger partial charge < -0.3 is 4.74 Å². The molecule has 0 aliphatic heterocycles. The summed E-state index contributed by atoms with van der Waals surface area (Å²) in [4.78, 5) is 0. The third-order valence-electron chi connectivity index (χ3n) is 13.3. The number of hydrogen-bond donors (Lipinski definition) is 0. The Bertz CT molecular complexity index is 759. The lowest BCUT2D eigenvalue weighted by Crippen LogP contribution is -2.62. The first-order valence-corrected chi connectivity index (χ1v) is 16.2. The molecule has 4 saturated carbocycles. The average molecular weight is 501 g/mol. The number of rotatable bonds is 7. The summed E-state index contributed by atoms with van der Waals surface area (Å²) in [5, 5.41) is 0. The van der Waals surface area contributed by atoms with Gasteiger partial charge in [0.15, 0.2) is 0 Å². The van der Waals surface area contributed by atoms with Crippen molar-refractivity contribution in [2.45, 2.75) is 153 Å². The molecule has 0 bridgehead atoms. The van der Waals surface area contributed by atoms with E-state index in [1.807, 2.05) is 0 Å². The zero-order chi connectivity index (χ0) is 26.7. The third kappa shape index (κ3) is 4.77. The summed E-state index contributed by atoms with van der Waals surface area (Å²) < 4.78 is 6.69. The zero-order valence-corrected chi connectivity index (χ0v) is 26.4. The van der Waals surface area contributed by atoms with Gasteiger partial charge in [0.05, 0.1) is 12.7 Å². The summed E-state index contributed by atoms with van der Waals surface area (Å²) in [5.74, 6) is 5.36. The van der Waals surface area contributed by atoms with E-state index in [-0.39, 0.29) is 10.8 Å². The smallest absolute Gasteiger partial charge is 0.0629 e. The quantitative estimate of drug-likeness (QED) is 0.338. The monoisotopic (exact) mass is 500 g/mol. The summed E-state index contributed by atoms with van der Waals surface area (Å²) in [6.45, 7) is 28.7. The van der Waals surface area contributed by atoms with E-state index in [0.717, 1.165) is 42.1 Å². The van der Waals surface area contributed by atoms with Crippen LogP contribution < -0.4 is 0 Å². The first kappa shape index (κ1) is 29.0. The summed E-state index contributed by atoms with van der Waals surface area (Å²) in [5.41, 5.74) is 2.14. The molecule has 4 aliphatic rings. The molecule has 0 radical (unpaired) electrons. The van der Waals surface area contributed by atoms with Gasteiger partial charge in [0.2, 0.25) is 0 Å². The van der Waals surface area contributed by atoms with Crippen molar-refractivity contribution in [2.24, 2.45) is 62.6 Å². The molecule has 4 aliphatic carbocycles. The molecule has 4 rings (SSSR count). The fraction of sp³-hybridized carbons (Fsp3) is 1.00. The van der Waals surface area contributed by atoms with E-state index >= 15 is 0 Å². The highest BCUT2D eigenvalue weighted by atomic mass is 16.5. The van der Waals surface area contributed by atoms with Gasteiger partial charge in [-0.15, -0.1) is 0 Å². The minimum atomic E-state index is 0.252. The highest BCUT2D eigenvalue weighted by Gasteiger charge is 2.67. The van der Waals surface area contributed by atoms with Crippen molar-refractivity contribution in [2.75, 3.05) is 6.61 Å². The van der Waals surface area contributed by atoms with Crippen molar-refractivity contribution in [1.29, 1.82) is 0 Å². The Morgan fingerprint density at radius 3 is 2.06 bits per heavy atom. The predicted octanol–water partition coefficient (Wildman–Crippen LogP) is 10.6. The molecule has 0 amide bonds. The van der Waals surface area contributed by atoms with Gasteiger partial charge in [0.25, 0.3) is 0 Å². The van der Waals surface area contributed by atoms with E-state index in [1.165, 1.54) is 70.6 Å². The molecule has 4 fully saturated rings. The van der Waals surface area contributed by atoms with Crippen LogP contribution in [0.15, 0.2) is 0 Å². The molecule has 0 saturated heterocycles. The molecule has 0 aromatic carbocycles. The summed E-state index contributed by atoms with van der Waals surface area (Å²) in [7, 11) is 0. The van der Waals surface area contributed by atoms with Gasteiger partial charge in [-0.25, -0.2) is 0 Å². The normalized spacial score (nSPS) is 45.2. The van der Waals surface area contributed by atoms with Gasteiger partial charge in [0.1, 0.15) is 0 Å². The second kappa shape index (κ2) is 9.86. The van der Waals surface area contributed by atoms with E-state index < -0.39 is 0 Å². The van der Waals surface area contributed by atoms with E-state index in [9.17, 15) is 0 Å². The molecule has 0 aromatic rings. The molecule has 210 valence electrons. The van der Waals surface area contributed by atoms with Gasteiger partial charge >= 0.3 is 0 Å². The second-order valence-corrected chi connectivity index (χ2v) is 17.4. The van der Waals surface area contributed by atoms with Crippen LogP contribution in [0.25, 0.3) is 0 Å². The standard InChI is InChI=1S/C35H64O/c1-24(2)13-12-14-25(3)26-17-21-35(11)28-15-16-29-32(7,8)30(36-23-31(4,5)6)19-20-33(29,9)27(28)18-22-34(26,35)10/h24-30H,12-23H2,1-11H3/t25-,26+,27-,28+,29-,30-,33+,34+,35-/m0/s1. The lowest BCUT2D eigenvalue weighted by Gasteiger charge is -2.67. The van der Waals surface area contributed by atoms with Crippen LogP contribution in [0.4, 0.5) is 0 Å². The zero-order valence-electron chi connectivity index (χ0n) is 26.4. The number of ether oxygens (including phenoxy) is 1. The van der Waals surface area contributed by atoms with Crippen LogP contribution in [0.5, 0.6) is 0 Å². The molecule has 1 nitrogen and oxygen atoms in total. The molecule has 0 spiro atoms. The van der Waals surface area contributed by atoms with Crippen molar-refractivity contribution < 1.29 is 4.74 Å². The minimum Gasteiger partial charge on any atom is -0.377 e. The maximum absolute atomic E-state index is 6.69. The van der Waals surface area contributed by atoms with Crippen molar-refractivity contribution in [3.05, 3.63) is 0 Å². The molecule has 0 aromatic heterocycles. The van der Waals surface area contributed by atoms with Gasteiger partial charge in [-0.2, -0.15) is 0 Å². The Hall–Kier alpha value is -0.0400. The lowest BCUT2D eigenvalue weighted by molar-refractivity contribution is -0.211. The topological polar surface area (TPSA) is 9.23 Å². The maximum Gasteiger partial charge on any atom is 0.0629 e. The van der Waals surface area contributed by atoms with Crippen LogP contribution in [0.2, 0.25) is 0 Å². The Balaban J connectivity index is 1.51. The Morgan fingerprint density at radius 2 is 1.42 bits per heavy atom. The summed E-state index contributed by atoms with van der Waals surface area (Å²) >= 11 is 0.